The van der Waals surface area contributed by atoms with Crippen LogP contribution in [0.2, 0.25) is 0 Å². The summed E-state index contributed by atoms with van der Waals surface area (Å²) in [6.07, 6.45) is 0. The zero-order valence-corrected chi connectivity index (χ0v) is 9.95. The van der Waals surface area contributed by atoms with Gasteiger partial charge in [0.05, 0.1) is 13.2 Å². The predicted molar refractivity (Wildman–Crippen MR) is 66.7 cm³/mol. The molecule has 17 heavy (non-hydrogen) atoms. The van der Waals surface area contributed by atoms with Crippen molar-refractivity contribution in [2.75, 3.05) is 44.3 Å². The molecule has 0 aliphatic carbocycles. The first kappa shape index (κ1) is 10.9. The molecular weight excluding hydrogens is 216 g/mol. The fraction of sp³-hybridized carbons (Fsp3) is 0.538. The maximum atomic E-state index is 5.63. The Kier molecular flexibility index (Phi) is 3.16. The van der Waals surface area contributed by atoms with Crippen LogP contribution in [0.15, 0.2) is 18.2 Å². The molecule has 0 atom stereocenters. The van der Waals surface area contributed by atoms with E-state index in [0.29, 0.717) is 19.8 Å². The van der Waals surface area contributed by atoms with Crippen molar-refractivity contribution in [3.63, 3.8) is 0 Å². The third kappa shape index (κ3) is 2.37. The average molecular weight is 234 g/mol. The molecule has 0 radical (unpaired) electrons. The van der Waals surface area contributed by atoms with Gasteiger partial charge in [0.25, 0.3) is 0 Å². The Hall–Kier alpha value is -1.26. The van der Waals surface area contributed by atoms with Crippen molar-refractivity contribution in [3.05, 3.63) is 23.8 Å². The molecule has 4 nitrogen and oxygen atoms in total. The Balaban J connectivity index is 1.83. The minimum atomic E-state index is 0.653. The molecule has 0 amide bonds. The number of hydrogen-bond donors (Lipinski definition) is 1. The van der Waals surface area contributed by atoms with Gasteiger partial charge in [0, 0.05) is 37.4 Å². The Morgan fingerprint density at radius 3 is 2.88 bits per heavy atom. The van der Waals surface area contributed by atoms with E-state index < -0.39 is 0 Å². The second-order valence-corrected chi connectivity index (χ2v) is 4.43. The van der Waals surface area contributed by atoms with Gasteiger partial charge < -0.3 is 19.7 Å². The van der Waals surface area contributed by atoms with Crippen LogP contribution in [-0.4, -0.2) is 39.4 Å². The lowest BCUT2D eigenvalue weighted by Crippen LogP contribution is -2.43. The molecule has 2 heterocycles. The Morgan fingerprint density at radius 1 is 1.12 bits per heavy atom. The SMILES string of the molecule is c1cc2c(cc1N1CCNCC1)COCCO2. The minimum absolute atomic E-state index is 0.653. The van der Waals surface area contributed by atoms with Crippen LogP contribution in [0.4, 0.5) is 5.69 Å². The van der Waals surface area contributed by atoms with Crippen LogP contribution < -0.4 is 15.0 Å². The second-order valence-electron chi connectivity index (χ2n) is 4.43. The van der Waals surface area contributed by atoms with Gasteiger partial charge in [-0.15, -0.1) is 0 Å². The highest BCUT2D eigenvalue weighted by atomic mass is 16.5. The minimum Gasteiger partial charge on any atom is -0.491 e. The van der Waals surface area contributed by atoms with Gasteiger partial charge in [-0.2, -0.15) is 0 Å². The van der Waals surface area contributed by atoms with Crippen molar-refractivity contribution in [1.29, 1.82) is 0 Å². The predicted octanol–water partition coefficient (Wildman–Crippen LogP) is 1.01. The normalized spacial score (nSPS) is 20.4. The number of fused-ring (bicyclic) bond motifs is 1. The van der Waals surface area contributed by atoms with Crippen molar-refractivity contribution in [1.82, 2.24) is 5.32 Å². The van der Waals surface area contributed by atoms with Crippen molar-refractivity contribution in [3.8, 4) is 5.75 Å². The zero-order chi connectivity index (χ0) is 11.5. The largest absolute Gasteiger partial charge is 0.491 e. The number of rotatable bonds is 1. The summed E-state index contributed by atoms with van der Waals surface area (Å²) in [5.41, 5.74) is 2.44. The molecule has 0 saturated carbocycles. The maximum absolute atomic E-state index is 5.63. The van der Waals surface area contributed by atoms with Crippen LogP contribution in [0.5, 0.6) is 5.75 Å². The smallest absolute Gasteiger partial charge is 0.125 e. The zero-order valence-electron chi connectivity index (χ0n) is 9.95. The molecule has 1 saturated heterocycles. The number of ether oxygens (including phenoxy) is 2. The fourth-order valence-electron chi connectivity index (χ4n) is 2.33. The van der Waals surface area contributed by atoms with Crippen LogP contribution in [0, 0.1) is 0 Å². The summed E-state index contributed by atoms with van der Waals surface area (Å²) in [7, 11) is 0. The monoisotopic (exact) mass is 234 g/mol. The first-order chi connectivity index (χ1) is 8.43. The lowest BCUT2D eigenvalue weighted by atomic mass is 10.1. The van der Waals surface area contributed by atoms with Crippen LogP contribution in [0.25, 0.3) is 0 Å². The number of nitrogens with one attached hydrogen (secondary N) is 1. The number of anilines is 1. The van der Waals surface area contributed by atoms with Crippen molar-refractivity contribution < 1.29 is 9.47 Å². The van der Waals surface area contributed by atoms with E-state index in [9.17, 15) is 0 Å². The van der Waals surface area contributed by atoms with E-state index in [1.54, 1.807) is 0 Å². The van der Waals surface area contributed by atoms with Crippen molar-refractivity contribution in [2.24, 2.45) is 0 Å². The lowest BCUT2D eigenvalue weighted by Gasteiger charge is -2.29. The van der Waals surface area contributed by atoms with E-state index in [4.69, 9.17) is 9.47 Å². The molecule has 1 aromatic rings. The molecule has 2 aliphatic heterocycles. The first-order valence-corrected chi connectivity index (χ1v) is 6.22. The molecule has 0 spiro atoms. The number of piperazine rings is 1. The molecule has 1 N–H and O–H groups in total. The summed E-state index contributed by atoms with van der Waals surface area (Å²) in [5.74, 6) is 0.974. The van der Waals surface area contributed by atoms with E-state index in [1.165, 1.54) is 11.3 Å². The van der Waals surface area contributed by atoms with Crippen molar-refractivity contribution in [2.45, 2.75) is 6.61 Å². The summed E-state index contributed by atoms with van der Waals surface area (Å²) in [6, 6.07) is 6.42. The summed E-state index contributed by atoms with van der Waals surface area (Å²) < 4.78 is 11.1. The topological polar surface area (TPSA) is 33.7 Å². The van der Waals surface area contributed by atoms with Crippen LogP contribution in [0.1, 0.15) is 5.56 Å². The van der Waals surface area contributed by atoms with Gasteiger partial charge in [-0.05, 0) is 18.2 Å². The second kappa shape index (κ2) is 4.94. The molecular formula is C13H18N2O2. The third-order valence-corrected chi connectivity index (χ3v) is 3.27. The molecule has 0 unspecified atom stereocenters. The highest BCUT2D eigenvalue weighted by Crippen LogP contribution is 2.27. The molecule has 4 heteroatoms. The lowest BCUT2D eigenvalue weighted by molar-refractivity contribution is 0.107. The maximum Gasteiger partial charge on any atom is 0.125 e. The fourth-order valence-corrected chi connectivity index (χ4v) is 2.33. The summed E-state index contributed by atoms with van der Waals surface area (Å²) >= 11 is 0. The van der Waals surface area contributed by atoms with Gasteiger partial charge in [-0.3, -0.25) is 0 Å². The molecule has 0 aromatic heterocycles. The number of nitrogens with zero attached hydrogens (tertiary/aromatic N) is 1. The molecule has 3 rings (SSSR count). The van der Waals surface area contributed by atoms with Gasteiger partial charge in [-0.25, -0.2) is 0 Å². The average Bonchev–Trinajstić information content (AvgIpc) is 2.64. The van der Waals surface area contributed by atoms with E-state index in [2.05, 4.69) is 28.4 Å². The third-order valence-electron chi connectivity index (χ3n) is 3.27. The Morgan fingerprint density at radius 2 is 2.00 bits per heavy atom. The summed E-state index contributed by atoms with van der Waals surface area (Å²) in [4.78, 5) is 2.40. The van der Waals surface area contributed by atoms with E-state index in [0.717, 1.165) is 31.9 Å². The standard InChI is InChI=1S/C13H18N2O2/c1-2-13-11(10-16-7-8-17-13)9-12(1)15-5-3-14-4-6-15/h1-2,9,14H,3-8,10H2. The Bertz CT molecular complexity index is 389. The van der Waals surface area contributed by atoms with Crippen LogP contribution in [-0.2, 0) is 11.3 Å². The molecule has 1 fully saturated rings. The van der Waals surface area contributed by atoms with Gasteiger partial charge >= 0.3 is 0 Å². The van der Waals surface area contributed by atoms with E-state index >= 15 is 0 Å². The summed E-state index contributed by atoms with van der Waals surface area (Å²) in [5, 5.41) is 3.37. The quantitative estimate of drug-likeness (QED) is 0.786. The van der Waals surface area contributed by atoms with E-state index in [-0.39, 0.29) is 0 Å². The highest BCUT2D eigenvalue weighted by Gasteiger charge is 2.14. The molecule has 1 aromatic carbocycles. The number of hydrogen-bond acceptors (Lipinski definition) is 4. The Labute approximate surface area is 102 Å². The summed E-state index contributed by atoms with van der Waals surface area (Å²) in [6.45, 7) is 6.25. The first-order valence-electron chi connectivity index (χ1n) is 6.22. The van der Waals surface area contributed by atoms with Gasteiger partial charge in [-0.1, -0.05) is 0 Å². The van der Waals surface area contributed by atoms with Gasteiger partial charge in [0.2, 0.25) is 0 Å². The van der Waals surface area contributed by atoms with Crippen LogP contribution >= 0.6 is 0 Å². The van der Waals surface area contributed by atoms with Crippen LogP contribution in [0.3, 0.4) is 0 Å². The highest BCUT2D eigenvalue weighted by molar-refractivity contribution is 5.53. The number of benzene rings is 1. The van der Waals surface area contributed by atoms with Gasteiger partial charge in [0.1, 0.15) is 12.4 Å². The molecule has 2 aliphatic rings. The van der Waals surface area contributed by atoms with Gasteiger partial charge in [0.15, 0.2) is 0 Å². The molecule has 92 valence electrons. The molecule has 0 bridgehead atoms. The van der Waals surface area contributed by atoms with Crippen molar-refractivity contribution >= 4 is 5.69 Å². The van der Waals surface area contributed by atoms with E-state index in [1.807, 2.05) is 0 Å².